The highest BCUT2D eigenvalue weighted by Crippen LogP contribution is 2.36. The van der Waals surface area contributed by atoms with Crippen LogP contribution in [0.3, 0.4) is 0 Å². The first kappa shape index (κ1) is 14.6. The van der Waals surface area contributed by atoms with E-state index in [0.29, 0.717) is 23.7 Å². The molecule has 2 N–H and O–H groups in total. The maximum absolute atomic E-state index is 12.9. The minimum Gasteiger partial charge on any atom is -0.399 e. The Morgan fingerprint density at radius 1 is 1.14 bits per heavy atom. The van der Waals surface area contributed by atoms with Crippen molar-refractivity contribution in [3.8, 4) is 0 Å². The molecule has 0 bridgehead atoms. The fraction of sp³-hybridized carbons (Fsp3) is 0.316. The van der Waals surface area contributed by atoms with Crippen LogP contribution >= 0.6 is 0 Å². The number of amides is 1. The van der Waals surface area contributed by atoms with E-state index in [-0.39, 0.29) is 11.9 Å². The summed E-state index contributed by atoms with van der Waals surface area (Å²) in [7, 11) is 0. The molecule has 1 fully saturated rings. The number of anilines is 1. The van der Waals surface area contributed by atoms with Crippen molar-refractivity contribution in [2.75, 3.05) is 5.73 Å². The smallest absolute Gasteiger partial charge is 0.254 e. The van der Waals surface area contributed by atoms with Crippen molar-refractivity contribution in [2.45, 2.75) is 32.4 Å². The molecule has 0 spiro atoms. The van der Waals surface area contributed by atoms with Crippen LogP contribution in [-0.4, -0.2) is 16.8 Å². The molecule has 2 aromatic rings. The first-order chi connectivity index (χ1) is 10.6. The van der Waals surface area contributed by atoms with Gasteiger partial charge in [-0.15, -0.1) is 0 Å². The van der Waals surface area contributed by atoms with Gasteiger partial charge >= 0.3 is 0 Å². The van der Waals surface area contributed by atoms with Crippen LogP contribution in [0.25, 0.3) is 0 Å². The van der Waals surface area contributed by atoms with E-state index >= 15 is 0 Å². The Hall–Kier alpha value is -2.29. The van der Waals surface area contributed by atoms with E-state index in [1.54, 1.807) is 12.1 Å². The van der Waals surface area contributed by atoms with Gasteiger partial charge in [-0.2, -0.15) is 0 Å². The number of nitrogen functional groups attached to an aromatic ring is 1. The molecule has 0 aliphatic heterocycles. The molecule has 2 aromatic carbocycles. The standard InChI is InChI=1S/C19H22N2O/c1-14(16-7-8-16)21(13-15-5-3-2-4-6-15)19(22)17-9-11-18(20)12-10-17/h2-6,9-12,14,16H,7-8,13,20H2,1H3. The molecule has 1 saturated carbocycles. The number of benzene rings is 2. The van der Waals surface area contributed by atoms with Crippen LogP contribution in [0.1, 0.15) is 35.7 Å². The number of rotatable bonds is 5. The Morgan fingerprint density at radius 3 is 2.36 bits per heavy atom. The lowest BCUT2D eigenvalue weighted by atomic mass is 10.1. The van der Waals surface area contributed by atoms with Gasteiger partial charge in [0.15, 0.2) is 0 Å². The Labute approximate surface area is 131 Å². The maximum atomic E-state index is 12.9. The summed E-state index contributed by atoms with van der Waals surface area (Å²) >= 11 is 0. The number of carbonyl (C=O) groups is 1. The summed E-state index contributed by atoms with van der Waals surface area (Å²) in [6.45, 7) is 2.82. The van der Waals surface area contributed by atoms with Crippen molar-refractivity contribution in [3.05, 3.63) is 65.7 Å². The lowest BCUT2D eigenvalue weighted by Gasteiger charge is -2.30. The van der Waals surface area contributed by atoms with Gasteiger partial charge in [0.05, 0.1) is 0 Å². The Balaban J connectivity index is 1.84. The molecule has 114 valence electrons. The summed E-state index contributed by atoms with van der Waals surface area (Å²) in [5, 5.41) is 0. The van der Waals surface area contributed by atoms with Gasteiger partial charge in [-0.3, -0.25) is 4.79 Å². The predicted octanol–water partition coefficient (Wildman–Crippen LogP) is 3.71. The maximum Gasteiger partial charge on any atom is 0.254 e. The summed E-state index contributed by atoms with van der Waals surface area (Å²) in [5.41, 5.74) is 8.27. The van der Waals surface area contributed by atoms with Crippen molar-refractivity contribution in [3.63, 3.8) is 0 Å². The average molecular weight is 294 g/mol. The molecule has 0 radical (unpaired) electrons. The van der Waals surface area contributed by atoms with Crippen LogP contribution in [0.15, 0.2) is 54.6 Å². The van der Waals surface area contributed by atoms with Gasteiger partial charge in [0, 0.05) is 23.8 Å². The summed E-state index contributed by atoms with van der Waals surface area (Å²) in [5.74, 6) is 0.727. The van der Waals surface area contributed by atoms with E-state index in [4.69, 9.17) is 5.73 Å². The van der Waals surface area contributed by atoms with Crippen molar-refractivity contribution < 1.29 is 4.79 Å². The van der Waals surface area contributed by atoms with E-state index in [1.807, 2.05) is 35.2 Å². The molecule has 3 rings (SSSR count). The highest BCUT2D eigenvalue weighted by atomic mass is 16.2. The molecule has 1 amide bonds. The third-order valence-corrected chi connectivity index (χ3v) is 4.41. The van der Waals surface area contributed by atoms with Gasteiger partial charge in [0.2, 0.25) is 0 Å². The van der Waals surface area contributed by atoms with Gasteiger partial charge in [0.25, 0.3) is 5.91 Å². The lowest BCUT2D eigenvalue weighted by Crippen LogP contribution is -2.39. The van der Waals surface area contributed by atoms with Gasteiger partial charge in [-0.25, -0.2) is 0 Å². The fourth-order valence-electron chi connectivity index (χ4n) is 2.81. The van der Waals surface area contributed by atoms with Crippen LogP contribution in [0.4, 0.5) is 5.69 Å². The van der Waals surface area contributed by atoms with Gasteiger partial charge in [0.1, 0.15) is 0 Å². The topological polar surface area (TPSA) is 46.3 Å². The molecule has 0 saturated heterocycles. The van der Waals surface area contributed by atoms with Crippen molar-refractivity contribution in [1.82, 2.24) is 4.90 Å². The molecule has 3 nitrogen and oxygen atoms in total. The third kappa shape index (κ3) is 3.30. The van der Waals surface area contributed by atoms with Crippen LogP contribution in [0.2, 0.25) is 0 Å². The SMILES string of the molecule is CC(C1CC1)N(Cc1ccccc1)C(=O)c1ccc(N)cc1. The zero-order valence-electron chi connectivity index (χ0n) is 12.9. The largest absolute Gasteiger partial charge is 0.399 e. The highest BCUT2D eigenvalue weighted by molar-refractivity contribution is 5.94. The predicted molar refractivity (Wildman–Crippen MR) is 89.4 cm³/mol. The zero-order chi connectivity index (χ0) is 15.5. The van der Waals surface area contributed by atoms with E-state index in [2.05, 4.69) is 19.1 Å². The van der Waals surface area contributed by atoms with Crippen molar-refractivity contribution >= 4 is 11.6 Å². The molecule has 3 heteroatoms. The molecule has 0 aromatic heterocycles. The van der Waals surface area contributed by atoms with E-state index in [0.717, 1.165) is 0 Å². The molecule has 1 aliphatic carbocycles. The quantitative estimate of drug-likeness (QED) is 0.854. The molecular weight excluding hydrogens is 272 g/mol. The second-order valence-corrected chi connectivity index (χ2v) is 6.12. The fourth-order valence-corrected chi connectivity index (χ4v) is 2.81. The highest BCUT2D eigenvalue weighted by Gasteiger charge is 2.34. The van der Waals surface area contributed by atoms with Crippen molar-refractivity contribution in [2.24, 2.45) is 5.92 Å². The number of carbonyl (C=O) groups excluding carboxylic acids is 1. The summed E-state index contributed by atoms with van der Waals surface area (Å²) in [4.78, 5) is 14.9. The van der Waals surface area contributed by atoms with Crippen LogP contribution < -0.4 is 5.73 Å². The molecule has 1 atom stereocenters. The first-order valence-corrected chi connectivity index (χ1v) is 7.85. The zero-order valence-corrected chi connectivity index (χ0v) is 12.9. The Morgan fingerprint density at radius 2 is 1.77 bits per heavy atom. The number of hydrogen-bond donors (Lipinski definition) is 1. The minimum absolute atomic E-state index is 0.0863. The third-order valence-electron chi connectivity index (χ3n) is 4.41. The van der Waals surface area contributed by atoms with Crippen LogP contribution in [-0.2, 0) is 6.54 Å². The first-order valence-electron chi connectivity index (χ1n) is 7.85. The number of nitrogens with two attached hydrogens (primary N) is 1. The van der Waals surface area contributed by atoms with Crippen LogP contribution in [0, 0.1) is 5.92 Å². The number of hydrogen-bond acceptors (Lipinski definition) is 2. The van der Waals surface area contributed by atoms with Gasteiger partial charge in [-0.1, -0.05) is 30.3 Å². The molecular formula is C19H22N2O. The number of nitrogens with zero attached hydrogens (tertiary/aromatic N) is 1. The van der Waals surface area contributed by atoms with Gasteiger partial charge in [-0.05, 0) is 55.5 Å². The summed E-state index contributed by atoms with van der Waals surface area (Å²) < 4.78 is 0. The van der Waals surface area contributed by atoms with Crippen LogP contribution in [0.5, 0.6) is 0 Å². The van der Waals surface area contributed by atoms with Crippen molar-refractivity contribution in [1.29, 1.82) is 0 Å². The Bertz CT molecular complexity index is 632. The van der Waals surface area contributed by atoms with Gasteiger partial charge < -0.3 is 10.6 Å². The normalized spacial score (nSPS) is 15.3. The lowest BCUT2D eigenvalue weighted by molar-refractivity contribution is 0.0654. The molecule has 22 heavy (non-hydrogen) atoms. The average Bonchev–Trinajstić information content (AvgIpc) is 3.38. The summed E-state index contributed by atoms with van der Waals surface area (Å²) in [6.07, 6.45) is 2.45. The van der Waals surface area contributed by atoms with E-state index in [9.17, 15) is 4.79 Å². The minimum atomic E-state index is 0.0863. The molecule has 1 unspecified atom stereocenters. The monoisotopic (exact) mass is 294 g/mol. The second kappa shape index (κ2) is 6.22. The van der Waals surface area contributed by atoms with E-state index in [1.165, 1.54) is 18.4 Å². The summed E-state index contributed by atoms with van der Waals surface area (Å²) in [6, 6.07) is 17.7. The molecule has 1 aliphatic rings. The Kier molecular flexibility index (Phi) is 4.14. The second-order valence-electron chi connectivity index (χ2n) is 6.12. The van der Waals surface area contributed by atoms with E-state index < -0.39 is 0 Å². The molecule has 0 heterocycles.